The van der Waals surface area contributed by atoms with Gasteiger partial charge in [0.15, 0.2) is 0 Å². The highest BCUT2D eigenvalue weighted by Crippen LogP contribution is 2.52. The van der Waals surface area contributed by atoms with Gasteiger partial charge in [0.2, 0.25) is 0 Å². The van der Waals surface area contributed by atoms with Gasteiger partial charge in [-0.05, 0) is 77.0 Å². The SMILES string of the molecule is C1=CC2=NC3=C([N-]C2C=C1)c1cc2c4ccc5ccccc5c4n(-c4ccc(N(c5ccccc5)c5ccccc5)cc4)c2c2cccc3c12. The summed E-state index contributed by atoms with van der Waals surface area (Å²) in [5.74, 6) is 0. The van der Waals surface area contributed by atoms with E-state index in [1.165, 1.54) is 48.9 Å². The Morgan fingerprint density at radius 2 is 1.26 bits per heavy atom. The third kappa shape index (κ3) is 3.84. The molecule has 2 aliphatic carbocycles. The fraction of sp³-hybridized carbons (Fsp3) is 0.0217. The van der Waals surface area contributed by atoms with Crippen LogP contribution < -0.4 is 4.90 Å². The summed E-state index contributed by atoms with van der Waals surface area (Å²) >= 11 is 0. The normalized spacial score (nSPS) is 15.8. The van der Waals surface area contributed by atoms with Gasteiger partial charge in [0.05, 0.1) is 16.7 Å². The first-order chi connectivity index (χ1) is 24.8. The molecule has 1 aromatic heterocycles. The topological polar surface area (TPSA) is 34.6 Å². The molecule has 0 saturated carbocycles. The highest BCUT2D eigenvalue weighted by atomic mass is 15.1. The third-order valence-corrected chi connectivity index (χ3v) is 10.4. The van der Waals surface area contributed by atoms with Gasteiger partial charge in [-0.2, -0.15) is 0 Å². The van der Waals surface area contributed by atoms with E-state index in [2.05, 4.69) is 179 Å². The lowest BCUT2D eigenvalue weighted by molar-refractivity contribution is 1.18. The molecule has 4 heteroatoms. The highest BCUT2D eigenvalue weighted by molar-refractivity contribution is 6.30. The summed E-state index contributed by atoms with van der Waals surface area (Å²) in [6, 6.07) is 52.5. The van der Waals surface area contributed by atoms with Gasteiger partial charge in [0, 0.05) is 55.6 Å². The van der Waals surface area contributed by atoms with Crippen LogP contribution in [0.5, 0.6) is 0 Å². The maximum atomic E-state index is 5.28. The third-order valence-electron chi connectivity index (χ3n) is 10.4. The summed E-state index contributed by atoms with van der Waals surface area (Å²) in [6.07, 6.45) is 8.35. The van der Waals surface area contributed by atoms with Crippen molar-refractivity contribution in [1.29, 1.82) is 0 Å². The molecule has 4 nitrogen and oxygen atoms in total. The van der Waals surface area contributed by atoms with Gasteiger partial charge in [-0.15, -0.1) is 5.70 Å². The number of allylic oxidation sites excluding steroid dienone is 2. The molecule has 0 amide bonds. The van der Waals surface area contributed by atoms with Crippen molar-refractivity contribution in [3.63, 3.8) is 0 Å². The molecular weight excluding hydrogens is 609 g/mol. The largest absolute Gasteiger partial charge is 0.671 e. The smallest absolute Gasteiger partial charge is 0.0620 e. The highest BCUT2D eigenvalue weighted by Gasteiger charge is 2.28. The maximum absolute atomic E-state index is 5.28. The summed E-state index contributed by atoms with van der Waals surface area (Å²) < 4.78 is 2.49. The number of hydrogen-bond acceptors (Lipinski definition) is 2. The molecule has 7 aromatic carbocycles. The molecular formula is C46H29N4-. The molecule has 11 rings (SSSR count). The maximum Gasteiger partial charge on any atom is 0.0620 e. The number of rotatable bonds is 4. The zero-order chi connectivity index (χ0) is 32.8. The van der Waals surface area contributed by atoms with E-state index >= 15 is 0 Å². The fourth-order valence-electron chi connectivity index (χ4n) is 8.24. The van der Waals surface area contributed by atoms with Crippen molar-refractivity contribution in [3.8, 4) is 5.69 Å². The lowest BCUT2D eigenvalue weighted by Gasteiger charge is -2.38. The molecule has 1 aliphatic heterocycles. The van der Waals surface area contributed by atoms with Crippen LogP contribution in [0.25, 0.3) is 65.7 Å². The molecule has 0 N–H and O–H groups in total. The van der Waals surface area contributed by atoms with Crippen molar-refractivity contribution in [2.75, 3.05) is 4.90 Å². The number of para-hydroxylation sites is 2. The van der Waals surface area contributed by atoms with Crippen LogP contribution in [-0.2, 0) is 0 Å². The van der Waals surface area contributed by atoms with Crippen LogP contribution in [0.1, 0.15) is 11.1 Å². The number of nitrogens with zero attached hydrogens (tertiary/aromatic N) is 4. The minimum absolute atomic E-state index is 0.0473. The molecule has 0 spiro atoms. The summed E-state index contributed by atoms with van der Waals surface area (Å²) in [5, 5.41) is 12.6. The van der Waals surface area contributed by atoms with Gasteiger partial charge in [0.25, 0.3) is 0 Å². The average molecular weight is 638 g/mol. The van der Waals surface area contributed by atoms with E-state index in [9.17, 15) is 0 Å². The van der Waals surface area contributed by atoms with E-state index < -0.39 is 0 Å². The van der Waals surface area contributed by atoms with Crippen molar-refractivity contribution >= 4 is 77.5 Å². The Kier molecular flexibility index (Phi) is 5.69. The number of fused-ring (bicyclic) bond motifs is 9. The molecule has 1 unspecified atom stereocenters. The van der Waals surface area contributed by atoms with Crippen LogP contribution in [0.2, 0.25) is 0 Å². The van der Waals surface area contributed by atoms with Crippen LogP contribution in [0.15, 0.2) is 175 Å². The Bertz CT molecular complexity index is 2780. The van der Waals surface area contributed by atoms with Gasteiger partial charge >= 0.3 is 0 Å². The van der Waals surface area contributed by atoms with Crippen LogP contribution in [0.4, 0.5) is 17.1 Å². The number of aliphatic imine (C=N–C) groups is 1. The number of aromatic nitrogens is 1. The summed E-state index contributed by atoms with van der Waals surface area (Å²) in [6.45, 7) is 0. The predicted octanol–water partition coefficient (Wildman–Crippen LogP) is 12.0. The van der Waals surface area contributed by atoms with Crippen molar-refractivity contribution < 1.29 is 0 Å². The molecule has 50 heavy (non-hydrogen) atoms. The molecule has 0 fully saturated rings. The number of anilines is 3. The molecule has 0 saturated heterocycles. The Morgan fingerprint density at radius 1 is 0.560 bits per heavy atom. The second-order valence-electron chi connectivity index (χ2n) is 13.1. The quantitative estimate of drug-likeness (QED) is 0.189. The second-order valence-corrected chi connectivity index (χ2v) is 13.1. The minimum Gasteiger partial charge on any atom is -0.671 e. The van der Waals surface area contributed by atoms with Crippen LogP contribution in [0, 0.1) is 0 Å². The van der Waals surface area contributed by atoms with Crippen molar-refractivity contribution in [2.45, 2.75) is 6.04 Å². The monoisotopic (exact) mass is 637 g/mol. The van der Waals surface area contributed by atoms with Gasteiger partial charge in [-0.3, -0.25) is 4.99 Å². The minimum atomic E-state index is -0.0473. The van der Waals surface area contributed by atoms with Crippen LogP contribution in [0.3, 0.4) is 0 Å². The van der Waals surface area contributed by atoms with Gasteiger partial charge in [-0.1, -0.05) is 115 Å². The Hall–Kier alpha value is -6.65. The van der Waals surface area contributed by atoms with E-state index in [1.807, 2.05) is 0 Å². The Morgan fingerprint density at radius 3 is 2.06 bits per heavy atom. The van der Waals surface area contributed by atoms with Crippen molar-refractivity contribution in [3.05, 3.63) is 186 Å². The standard InChI is InChI=1S/C46H29N4/c1-3-13-30(14-4-1)49(31-15-5-2-6-16-31)32-23-25-33(26-24-32)50-45-34-17-8-7-12-29(34)22-27-35(45)38-28-39-42-36(18-11-19-37(42)46(38)50)43-44(39)48-41-21-10-9-20-40(41)47-43/h1-28,41H/q-1. The van der Waals surface area contributed by atoms with Gasteiger partial charge < -0.3 is 14.8 Å². The van der Waals surface area contributed by atoms with Crippen LogP contribution in [-0.4, -0.2) is 16.3 Å². The van der Waals surface area contributed by atoms with Crippen LogP contribution >= 0.6 is 0 Å². The molecule has 0 bridgehead atoms. The molecule has 1 atom stereocenters. The zero-order valence-electron chi connectivity index (χ0n) is 27.0. The molecule has 2 heterocycles. The van der Waals surface area contributed by atoms with E-state index in [0.717, 1.165) is 45.4 Å². The number of hydrogen-bond donors (Lipinski definition) is 0. The predicted molar refractivity (Wildman–Crippen MR) is 210 cm³/mol. The Labute approximate surface area is 289 Å². The number of benzene rings is 7. The first kappa shape index (κ1) is 27.3. The van der Waals surface area contributed by atoms with E-state index in [1.54, 1.807) is 0 Å². The van der Waals surface area contributed by atoms with Crippen molar-refractivity contribution in [2.24, 2.45) is 4.99 Å². The lowest BCUT2D eigenvalue weighted by atomic mass is 9.98. The van der Waals surface area contributed by atoms with E-state index in [-0.39, 0.29) is 6.04 Å². The van der Waals surface area contributed by atoms with Gasteiger partial charge in [0.1, 0.15) is 0 Å². The fourth-order valence-corrected chi connectivity index (χ4v) is 8.24. The second kappa shape index (κ2) is 10.4. The summed E-state index contributed by atoms with van der Waals surface area (Å²) in [4.78, 5) is 7.50. The van der Waals surface area contributed by atoms with E-state index in [0.29, 0.717) is 0 Å². The Balaban J connectivity index is 1.18. The summed E-state index contributed by atoms with van der Waals surface area (Å²) in [7, 11) is 0. The summed E-state index contributed by atoms with van der Waals surface area (Å²) in [5.41, 5.74) is 12.2. The molecule has 0 radical (unpaired) electrons. The van der Waals surface area contributed by atoms with E-state index in [4.69, 9.17) is 10.3 Å². The molecule has 3 aliphatic rings. The van der Waals surface area contributed by atoms with Gasteiger partial charge in [-0.25, -0.2) is 0 Å². The average Bonchev–Trinajstić information content (AvgIpc) is 3.69. The molecule has 8 aromatic rings. The van der Waals surface area contributed by atoms with Crippen molar-refractivity contribution in [1.82, 2.24) is 4.57 Å². The molecule has 234 valence electrons. The first-order valence-electron chi connectivity index (χ1n) is 17.1. The zero-order valence-corrected chi connectivity index (χ0v) is 27.0. The first-order valence-corrected chi connectivity index (χ1v) is 17.1. The lowest BCUT2D eigenvalue weighted by Crippen LogP contribution is -2.20.